The molecule has 0 spiro atoms. The summed E-state index contributed by atoms with van der Waals surface area (Å²) in [4.78, 5) is 12.9. The van der Waals surface area contributed by atoms with E-state index in [1.165, 1.54) is 6.07 Å². The molecule has 1 fully saturated rings. The maximum absolute atomic E-state index is 13.6. The van der Waals surface area contributed by atoms with Crippen molar-refractivity contribution in [2.75, 3.05) is 19.7 Å². The number of carbonyl (C=O) groups excluding carboxylic acids is 1. The van der Waals surface area contributed by atoms with Gasteiger partial charge in [-0.25, -0.2) is 13.2 Å². The van der Waals surface area contributed by atoms with Crippen molar-refractivity contribution in [3.05, 3.63) is 27.4 Å². The second-order valence-electron chi connectivity index (χ2n) is 4.76. The third kappa shape index (κ3) is 4.26. The minimum atomic E-state index is -2.87. The number of carbonyl (C=O) groups is 1. The predicted molar refractivity (Wildman–Crippen MR) is 75.4 cm³/mol. The Bertz CT molecular complexity index is 533. The molecule has 0 aliphatic carbocycles. The number of hydrogen-bond donors (Lipinski definition) is 0. The normalized spacial score (nSPS) is 17.7. The zero-order chi connectivity index (χ0) is 15.6. The summed E-state index contributed by atoms with van der Waals surface area (Å²) < 4.78 is 45.5. The molecule has 0 atom stereocenters. The summed E-state index contributed by atoms with van der Waals surface area (Å²) in [6.07, 6.45) is 0.00668. The van der Waals surface area contributed by atoms with Crippen LogP contribution in [-0.2, 0) is 4.79 Å². The van der Waals surface area contributed by atoms with Gasteiger partial charge in [0.2, 0.25) is 0 Å². The average Bonchev–Trinajstić information content (AvgIpc) is 2.35. The summed E-state index contributed by atoms with van der Waals surface area (Å²) in [7, 11) is 0. The molecule has 0 unspecified atom stereocenters. The number of halogens is 5. The first-order chi connectivity index (χ1) is 9.78. The van der Waals surface area contributed by atoms with Crippen molar-refractivity contribution >= 4 is 33.4 Å². The van der Waals surface area contributed by atoms with E-state index in [4.69, 9.17) is 16.3 Å². The minimum Gasteiger partial charge on any atom is -0.479 e. The van der Waals surface area contributed by atoms with Crippen LogP contribution in [0.2, 0.25) is 5.02 Å². The lowest BCUT2D eigenvalue weighted by atomic mass is 10.1. The summed E-state index contributed by atoms with van der Waals surface area (Å²) in [6, 6.07) is 2.46. The van der Waals surface area contributed by atoms with E-state index in [1.54, 1.807) is 0 Å². The van der Waals surface area contributed by atoms with Gasteiger partial charge in [0.25, 0.3) is 11.8 Å². The number of nitrogens with zero attached hydrogens (tertiary/aromatic N) is 1. The summed E-state index contributed by atoms with van der Waals surface area (Å²) in [5.41, 5.74) is 0. The number of alkyl halides is 2. The van der Waals surface area contributed by atoms with Gasteiger partial charge in [0, 0.05) is 18.0 Å². The molecule has 0 N–H and O–H groups in total. The van der Waals surface area contributed by atoms with E-state index < -0.39 is 30.8 Å². The Kier molecular flexibility index (Phi) is 5.03. The van der Waals surface area contributed by atoms with Crippen LogP contribution in [0.3, 0.4) is 0 Å². The molecule has 1 aliphatic rings. The molecule has 0 radical (unpaired) electrons. The number of hydrogen-bond acceptors (Lipinski definition) is 2. The van der Waals surface area contributed by atoms with Gasteiger partial charge in [-0.15, -0.1) is 0 Å². The Labute approximate surface area is 133 Å². The fourth-order valence-electron chi connectivity index (χ4n) is 2.07. The lowest BCUT2D eigenvalue weighted by molar-refractivity contribution is -0.143. The topological polar surface area (TPSA) is 29.5 Å². The molecular formula is C13H12BrClF3NO2. The number of rotatable bonds is 3. The minimum absolute atomic E-state index is 0.170. The van der Waals surface area contributed by atoms with E-state index >= 15 is 0 Å². The molecule has 3 nitrogen and oxygen atoms in total. The number of likely N-dealkylation sites (tertiary alicyclic amines) is 1. The van der Waals surface area contributed by atoms with Gasteiger partial charge in [0.05, 0.1) is 11.0 Å². The van der Waals surface area contributed by atoms with Crippen LogP contribution < -0.4 is 4.74 Å². The first-order valence-corrected chi connectivity index (χ1v) is 7.38. The van der Waals surface area contributed by atoms with Gasteiger partial charge in [0.15, 0.2) is 18.2 Å². The van der Waals surface area contributed by atoms with Gasteiger partial charge in [-0.2, -0.15) is 0 Å². The number of benzene rings is 1. The lowest BCUT2D eigenvalue weighted by Crippen LogP contribution is -2.47. The number of ether oxygens (including phenoxy) is 1. The monoisotopic (exact) mass is 385 g/mol. The van der Waals surface area contributed by atoms with E-state index in [-0.39, 0.29) is 34.6 Å². The van der Waals surface area contributed by atoms with Gasteiger partial charge in [0.1, 0.15) is 0 Å². The SMILES string of the molecule is O=C(COc1c(F)cc(Cl)cc1Br)N1CCCC(F)(F)C1. The fourth-order valence-corrected chi connectivity index (χ4v) is 2.96. The molecule has 0 bridgehead atoms. The van der Waals surface area contributed by atoms with Gasteiger partial charge < -0.3 is 9.64 Å². The Morgan fingerprint density at radius 2 is 2.19 bits per heavy atom. The van der Waals surface area contributed by atoms with E-state index in [2.05, 4.69) is 15.9 Å². The van der Waals surface area contributed by atoms with Gasteiger partial charge in [-0.3, -0.25) is 4.79 Å². The van der Waals surface area contributed by atoms with Crippen LogP contribution in [0, 0.1) is 5.82 Å². The zero-order valence-electron chi connectivity index (χ0n) is 10.8. The maximum atomic E-state index is 13.6. The van der Waals surface area contributed by atoms with Crippen molar-refractivity contribution in [2.45, 2.75) is 18.8 Å². The van der Waals surface area contributed by atoms with E-state index in [1.807, 2.05) is 0 Å². The van der Waals surface area contributed by atoms with Crippen molar-refractivity contribution in [3.63, 3.8) is 0 Å². The predicted octanol–water partition coefficient (Wildman–Crippen LogP) is 3.88. The van der Waals surface area contributed by atoms with Crippen LogP contribution in [0.4, 0.5) is 13.2 Å². The van der Waals surface area contributed by atoms with Crippen molar-refractivity contribution in [1.29, 1.82) is 0 Å². The number of amides is 1. The van der Waals surface area contributed by atoms with Crippen LogP contribution in [-0.4, -0.2) is 36.4 Å². The first kappa shape index (κ1) is 16.4. The summed E-state index contributed by atoms with van der Waals surface area (Å²) >= 11 is 8.72. The highest BCUT2D eigenvalue weighted by Gasteiger charge is 2.37. The molecule has 116 valence electrons. The van der Waals surface area contributed by atoms with E-state index in [0.29, 0.717) is 0 Å². The van der Waals surface area contributed by atoms with Crippen molar-refractivity contribution in [1.82, 2.24) is 4.90 Å². The summed E-state index contributed by atoms with van der Waals surface area (Å²) in [6.45, 7) is -0.880. The molecular weight excluding hydrogens is 374 g/mol. The van der Waals surface area contributed by atoms with Gasteiger partial charge >= 0.3 is 0 Å². The lowest BCUT2D eigenvalue weighted by Gasteiger charge is -2.32. The Hall–Kier alpha value is -0.950. The van der Waals surface area contributed by atoms with Crippen molar-refractivity contribution in [3.8, 4) is 5.75 Å². The highest BCUT2D eigenvalue weighted by atomic mass is 79.9. The molecule has 8 heteroatoms. The van der Waals surface area contributed by atoms with Crippen LogP contribution in [0.5, 0.6) is 5.75 Å². The molecule has 0 aromatic heterocycles. The Morgan fingerprint density at radius 1 is 1.48 bits per heavy atom. The van der Waals surface area contributed by atoms with E-state index in [0.717, 1.165) is 11.0 Å². The van der Waals surface area contributed by atoms with Crippen molar-refractivity contribution in [2.24, 2.45) is 0 Å². The molecule has 1 saturated heterocycles. The summed E-state index contributed by atoms with van der Waals surface area (Å²) in [5.74, 6) is -4.38. The van der Waals surface area contributed by atoms with Gasteiger partial charge in [-0.1, -0.05) is 11.6 Å². The largest absolute Gasteiger partial charge is 0.479 e. The molecule has 2 rings (SSSR count). The zero-order valence-corrected chi connectivity index (χ0v) is 13.2. The molecule has 0 saturated carbocycles. The Morgan fingerprint density at radius 3 is 2.81 bits per heavy atom. The molecule has 1 amide bonds. The second-order valence-corrected chi connectivity index (χ2v) is 6.05. The quantitative estimate of drug-likeness (QED) is 0.789. The van der Waals surface area contributed by atoms with Crippen molar-refractivity contribution < 1.29 is 22.7 Å². The van der Waals surface area contributed by atoms with Crippen LogP contribution >= 0.6 is 27.5 Å². The number of piperidine rings is 1. The van der Waals surface area contributed by atoms with Crippen LogP contribution in [0.1, 0.15) is 12.8 Å². The molecule has 21 heavy (non-hydrogen) atoms. The highest BCUT2D eigenvalue weighted by Crippen LogP contribution is 2.32. The van der Waals surface area contributed by atoms with Crippen LogP contribution in [0.25, 0.3) is 0 Å². The Balaban J connectivity index is 1.98. The molecule has 1 heterocycles. The average molecular weight is 387 g/mol. The molecule has 1 aromatic carbocycles. The third-order valence-electron chi connectivity index (χ3n) is 3.05. The van der Waals surface area contributed by atoms with Crippen LogP contribution in [0.15, 0.2) is 16.6 Å². The first-order valence-electron chi connectivity index (χ1n) is 6.21. The highest BCUT2D eigenvalue weighted by molar-refractivity contribution is 9.10. The molecule has 1 aliphatic heterocycles. The standard InChI is InChI=1S/C13H12BrClF3NO2/c14-9-4-8(15)5-10(16)12(9)21-6-11(20)19-3-1-2-13(17,18)7-19/h4-5H,1-3,6-7H2. The third-order valence-corrected chi connectivity index (χ3v) is 3.86. The van der Waals surface area contributed by atoms with Gasteiger partial charge in [-0.05, 0) is 34.5 Å². The molecule has 1 aromatic rings. The second kappa shape index (κ2) is 6.44. The summed E-state index contributed by atoms with van der Waals surface area (Å²) in [5, 5.41) is 0.175. The fraction of sp³-hybridized carbons (Fsp3) is 0.462. The smallest absolute Gasteiger partial charge is 0.265 e. The van der Waals surface area contributed by atoms with E-state index in [9.17, 15) is 18.0 Å². The maximum Gasteiger partial charge on any atom is 0.265 e.